The summed E-state index contributed by atoms with van der Waals surface area (Å²) in [6, 6.07) is 6.21. The molecule has 0 bridgehead atoms. The highest BCUT2D eigenvalue weighted by Crippen LogP contribution is 2.21. The van der Waals surface area contributed by atoms with Gasteiger partial charge in [-0.3, -0.25) is 4.90 Å². The van der Waals surface area contributed by atoms with E-state index in [1.54, 1.807) is 0 Å². The Balaban J connectivity index is 2.02. The van der Waals surface area contributed by atoms with E-state index < -0.39 is 12.1 Å². The minimum Gasteiger partial charge on any atom is -0.479 e. The summed E-state index contributed by atoms with van der Waals surface area (Å²) in [5.74, 6) is -0.886. The number of carboxylic acid groups (broad SMARTS) is 1. The van der Waals surface area contributed by atoms with Crippen LogP contribution in [0.4, 0.5) is 0 Å². The van der Waals surface area contributed by atoms with Gasteiger partial charge in [0, 0.05) is 24.1 Å². The lowest BCUT2D eigenvalue weighted by atomic mass is 10.1. The van der Waals surface area contributed by atoms with Gasteiger partial charge in [0.25, 0.3) is 0 Å². The van der Waals surface area contributed by atoms with Crippen molar-refractivity contribution in [2.24, 2.45) is 0 Å². The molecule has 1 atom stereocenters. The molecule has 1 aliphatic rings. The number of morpholine rings is 1. The van der Waals surface area contributed by atoms with Crippen molar-refractivity contribution in [3.63, 3.8) is 0 Å². The Morgan fingerprint density at radius 3 is 3.06 bits per heavy atom. The first-order valence-electron chi connectivity index (χ1n) is 5.88. The first-order chi connectivity index (χ1) is 8.56. The van der Waals surface area contributed by atoms with Crippen LogP contribution in [0.25, 0.3) is 0 Å². The molecule has 1 aromatic rings. The van der Waals surface area contributed by atoms with Crippen LogP contribution in [-0.4, -0.2) is 41.8 Å². The molecule has 0 spiro atoms. The minimum atomic E-state index is -0.886. The van der Waals surface area contributed by atoms with Crippen LogP contribution in [-0.2, 0) is 16.1 Å². The number of hydrogen-bond donors (Lipinski definition) is 1. The van der Waals surface area contributed by atoms with Gasteiger partial charge in [0.1, 0.15) is 0 Å². The second kappa shape index (κ2) is 5.82. The van der Waals surface area contributed by atoms with Crippen molar-refractivity contribution < 1.29 is 14.6 Å². The smallest absolute Gasteiger partial charge is 0.334 e. The fourth-order valence-corrected chi connectivity index (χ4v) is 2.64. The second-order valence-electron chi connectivity index (χ2n) is 4.53. The molecule has 1 N–H and O–H groups in total. The van der Waals surface area contributed by atoms with Crippen LogP contribution in [0.15, 0.2) is 22.7 Å². The van der Waals surface area contributed by atoms with Crippen molar-refractivity contribution in [1.29, 1.82) is 0 Å². The molecule has 1 aromatic carbocycles. The lowest BCUT2D eigenvalue weighted by molar-refractivity contribution is -0.156. The van der Waals surface area contributed by atoms with Crippen LogP contribution in [0.5, 0.6) is 0 Å². The molecular formula is C13H16BrNO3. The molecule has 5 heteroatoms. The monoisotopic (exact) mass is 313 g/mol. The number of aryl methyl sites for hydroxylation is 1. The summed E-state index contributed by atoms with van der Waals surface area (Å²) in [7, 11) is 0. The fraction of sp³-hybridized carbons (Fsp3) is 0.462. The molecule has 1 heterocycles. The van der Waals surface area contributed by atoms with Crippen LogP contribution in [0, 0.1) is 6.92 Å². The molecule has 1 unspecified atom stereocenters. The maximum absolute atomic E-state index is 10.9. The van der Waals surface area contributed by atoms with Gasteiger partial charge < -0.3 is 9.84 Å². The summed E-state index contributed by atoms with van der Waals surface area (Å²) in [6.07, 6.45) is -0.706. The van der Waals surface area contributed by atoms with Crippen molar-refractivity contribution in [2.45, 2.75) is 19.6 Å². The van der Waals surface area contributed by atoms with Gasteiger partial charge in [0.05, 0.1) is 6.61 Å². The third kappa shape index (κ3) is 3.31. The van der Waals surface area contributed by atoms with Crippen LogP contribution < -0.4 is 0 Å². The Labute approximate surface area is 115 Å². The molecule has 0 radical (unpaired) electrons. The van der Waals surface area contributed by atoms with E-state index >= 15 is 0 Å². The number of rotatable bonds is 3. The molecule has 1 saturated heterocycles. The van der Waals surface area contributed by atoms with E-state index in [1.165, 1.54) is 11.1 Å². The lowest BCUT2D eigenvalue weighted by Gasteiger charge is -2.31. The molecule has 0 saturated carbocycles. The van der Waals surface area contributed by atoms with Gasteiger partial charge in [-0.25, -0.2) is 4.79 Å². The maximum Gasteiger partial charge on any atom is 0.334 e. The normalized spacial score (nSPS) is 20.9. The minimum absolute atomic E-state index is 0.440. The first kappa shape index (κ1) is 13.5. The molecular weight excluding hydrogens is 298 g/mol. The third-order valence-electron chi connectivity index (χ3n) is 3.03. The molecule has 1 aliphatic heterocycles. The zero-order valence-corrected chi connectivity index (χ0v) is 11.8. The SMILES string of the molecule is Cc1ccc(CN2CCOC(C(=O)O)C2)c(Br)c1. The van der Waals surface area contributed by atoms with Crippen molar-refractivity contribution in [2.75, 3.05) is 19.7 Å². The van der Waals surface area contributed by atoms with E-state index in [0.29, 0.717) is 13.2 Å². The maximum atomic E-state index is 10.9. The second-order valence-corrected chi connectivity index (χ2v) is 5.38. The zero-order chi connectivity index (χ0) is 13.1. The molecule has 98 valence electrons. The van der Waals surface area contributed by atoms with E-state index in [2.05, 4.69) is 39.0 Å². The third-order valence-corrected chi connectivity index (χ3v) is 3.77. The Morgan fingerprint density at radius 2 is 2.39 bits per heavy atom. The van der Waals surface area contributed by atoms with Gasteiger partial charge >= 0.3 is 5.97 Å². The van der Waals surface area contributed by atoms with Crippen LogP contribution >= 0.6 is 15.9 Å². The number of benzene rings is 1. The Morgan fingerprint density at radius 1 is 1.61 bits per heavy atom. The predicted octanol–water partition coefficient (Wildman–Crippen LogP) is 2.04. The van der Waals surface area contributed by atoms with Crippen molar-refractivity contribution >= 4 is 21.9 Å². The van der Waals surface area contributed by atoms with E-state index in [9.17, 15) is 4.79 Å². The van der Waals surface area contributed by atoms with E-state index in [1.807, 2.05) is 6.92 Å². The standard InChI is InChI=1S/C13H16BrNO3/c1-9-2-3-10(11(14)6-9)7-15-4-5-18-12(8-15)13(16)17/h2-3,6,12H,4-5,7-8H2,1H3,(H,16,17). The van der Waals surface area contributed by atoms with E-state index in [4.69, 9.17) is 9.84 Å². The molecule has 1 fully saturated rings. The summed E-state index contributed by atoms with van der Waals surface area (Å²) >= 11 is 3.54. The highest BCUT2D eigenvalue weighted by atomic mass is 79.9. The summed E-state index contributed by atoms with van der Waals surface area (Å²) in [5, 5.41) is 8.95. The quantitative estimate of drug-likeness (QED) is 0.928. The molecule has 4 nitrogen and oxygen atoms in total. The molecule has 0 aromatic heterocycles. The van der Waals surface area contributed by atoms with Crippen molar-refractivity contribution in [3.8, 4) is 0 Å². The number of aliphatic carboxylic acids is 1. The van der Waals surface area contributed by atoms with Gasteiger partial charge in [0.15, 0.2) is 6.10 Å². The van der Waals surface area contributed by atoms with E-state index in [-0.39, 0.29) is 0 Å². The predicted molar refractivity (Wildman–Crippen MR) is 71.5 cm³/mol. The van der Waals surface area contributed by atoms with Gasteiger partial charge in [-0.05, 0) is 24.1 Å². The number of hydrogen-bond acceptors (Lipinski definition) is 3. The average molecular weight is 314 g/mol. The van der Waals surface area contributed by atoms with E-state index in [0.717, 1.165) is 17.6 Å². The van der Waals surface area contributed by atoms with Gasteiger partial charge in [0.2, 0.25) is 0 Å². The molecule has 18 heavy (non-hydrogen) atoms. The number of carboxylic acids is 1. The van der Waals surface area contributed by atoms with Crippen molar-refractivity contribution in [1.82, 2.24) is 4.90 Å². The number of carbonyl (C=O) groups is 1. The average Bonchev–Trinajstić information content (AvgIpc) is 2.33. The largest absolute Gasteiger partial charge is 0.479 e. The Bertz CT molecular complexity index is 450. The van der Waals surface area contributed by atoms with Gasteiger partial charge in [-0.15, -0.1) is 0 Å². The highest BCUT2D eigenvalue weighted by Gasteiger charge is 2.26. The number of ether oxygens (including phenoxy) is 1. The number of nitrogens with zero attached hydrogens (tertiary/aromatic N) is 1. The van der Waals surface area contributed by atoms with Gasteiger partial charge in [-0.1, -0.05) is 28.1 Å². The Kier molecular flexibility index (Phi) is 4.37. The molecule has 2 rings (SSSR count). The zero-order valence-electron chi connectivity index (χ0n) is 10.2. The van der Waals surface area contributed by atoms with Crippen LogP contribution in [0.1, 0.15) is 11.1 Å². The number of halogens is 1. The fourth-order valence-electron chi connectivity index (χ4n) is 2.02. The van der Waals surface area contributed by atoms with Crippen LogP contribution in [0.2, 0.25) is 0 Å². The molecule has 0 amide bonds. The summed E-state index contributed by atoms with van der Waals surface area (Å²) in [4.78, 5) is 13.0. The Hall–Kier alpha value is -0.910. The first-order valence-corrected chi connectivity index (χ1v) is 6.67. The summed E-state index contributed by atoms with van der Waals surface area (Å²) in [5.41, 5.74) is 2.38. The topological polar surface area (TPSA) is 49.8 Å². The highest BCUT2D eigenvalue weighted by molar-refractivity contribution is 9.10. The summed E-state index contributed by atoms with van der Waals surface area (Å²) < 4.78 is 6.27. The molecule has 0 aliphatic carbocycles. The summed E-state index contributed by atoms with van der Waals surface area (Å²) in [6.45, 7) is 4.47. The van der Waals surface area contributed by atoms with Crippen LogP contribution in [0.3, 0.4) is 0 Å². The van der Waals surface area contributed by atoms with Crippen molar-refractivity contribution in [3.05, 3.63) is 33.8 Å². The lowest BCUT2D eigenvalue weighted by Crippen LogP contribution is -2.45. The van der Waals surface area contributed by atoms with Gasteiger partial charge in [-0.2, -0.15) is 0 Å².